The van der Waals surface area contributed by atoms with Crippen molar-refractivity contribution in [2.75, 3.05) is 25.1 Å². The maximum Gasteiger partial charge on any atom is 0.191 e. The summed E-state index contributed by atoms with van der Waals surface area (Å²) in [6, 6.07) is 9.16. The number of hydrogen-bond acceptors (Lipinski definition) is 4. The Balaban J connectivity index is 0.00000320. The molecule has 1 saturated carbocycles. The van der Waals surface area contributed by atoms with Crippen molar-refractivity contribution in [1.82, 2.24) is 15.5 Å². The molecule has 1 atom stereocenters. The van der Waals surface area contributed by atoms with Gasteiger partial charge in [-0.05, 0) is 44.4 Å². The highest BCUT2D eigenvalue weighted by molar-refractivity contribution is 14.0. The summed E-state index contributed by atoms with van der Waals surface area (Å²) in [6.45, 7) is 4.30. The summed E-state index contributed by atoms with van der Waals surface area (Å²) in [4.78, 5) is 7.25. The zero-order valence-electron chi connectivity index (χ0n) is 18.3. The highest BCUT2D eigenvalue weighted by Gasteiger charge is 2.28. The maximum atomic E-state index is 11.7. The monoisotopic (exact) mass is 548 g/mol. The largest absolute Gasteiger partial charge is 0.357 e. The number of rotatable bonds is 7. The molecule has 0 amide bonds. The van der Waals surface area contributed by atoms with Gasteiger partial charge in [0.1, 0.15) is 0 Å². The first-order chi connectivity index (χ1) is 14.0. The molecule has 1 heterocycles. The Morgan fingerprint density at radius 2 is 1.83 bits per heavy atom. The van der Waals surface area contributed by atoms with Crippen LogP contribution in [0.3, 0.4) is 0 Å². The van der Waals surface area contributed by atoms with Gasteiger partial charge in [0.15, 0.2) is 15.8 Å². The first kappa shape index (κ1) is 25.4. The van der Waals surface area contributed by atoms with Gasteiger partial charge in [-0.3, -0.25) is 4.90 Å². The van der Waals surface area contributed by atoms with Crippen LogP contribution in [0.5, 0.6) is 0 Å². The van der Waals surface area contributed by atoms with Gasteiger partial charge in [0.2, 0.25) is 0 Å². The smallest absolute Gasteiger partial charge is 0.191 e. The highest BCUT2D eigenvalue weighted by Crippen LogP contribution is 2.23. The second kappa shape index (κ2) is 12.2. The Bertz CT molecular complexity index is 794. The Morgan fingerprint density at radius 3 is 2.47 bits per heavy atom. The molecule has 8 heteroatoms. The Kier molecular flexibility index (Phi) is 10.4. The van der Waals surface area contributed by atoms with Crippen LogP contribution in [0, 0.1) is 0 Å². The average Bonchev–Trinajstić information content (AvgIpc) is 3.06. The zero-order valence-corrected chi connectivity index (χ0v) is 21.4. The predicted octanol–water partition coefficient (Wildman–Crippen LogP) is 3.31. The minimum atomic E-state index is -2.90. The van der Waals surface area contributed by atoms with Crippen molar-refractivity contribution < 1.29 is 8.42 Å². The van der Waals surface area contributed by atoms with Gasteiger partial charge in [0, 0.05) is 25.2 Å². The lowest BCUT2D eigenvalue weighted by atomic mass is 9.94. The number of nitrogens with one attached hydrogen (secondary N) is 2. The Hall–Kier alpha value is -0.870. The standard InChI is InChI=1S/C22H36N4O2S.HI/c1-3-23-22(25-20-13-14-29(27,28)17-20)24-15-18-9-7-8-10-19(18)16-26(2)21-11-5-4-6-12-21;/h7-10,20-21H,3-6,11-17H2,1-2H3,(H2,23,24,25);1H. The Labute approximate surface area is 199 Å². The number of guanidine groups is 1. The van der Waals surface area contributed by atoms with E-state index in [0.29, 0.717) is 25.0 Å². The van der Waals surface area contributed by atoms with Gasteiger partial charge in [-0.2, -0.15) is 0 Å². The summed E-state index contributed by atoms with van der Waals surface area (Å²) >= 11 is 0. The van der Waals surface area contributed by atoms with Crippen LogP contribution in [-0.2, 0) is 22.9 Å². The molecule has 0 spiro atoms. The summed E-state index contributed by atoms with van der Waals surface area (Å²) < 4.78 is 23.5. The van der Waals surface area contributed by atoms with Crippen LogP contribution in [0.1, 0.15) is 56.6 Å². The third-order valence-electron chi connectivity index (χ3n) is 6.06. The maximum absolute atomic E-state index is 11.7. The van der Waals surface area contributed by atoms with E-state index >= 15 is 0 Å². The molecule has 2 aliphatic rings. The van der Waals surface area contributed by atoms with Crippen molar-refractivity contribution in [1.29, 1.82) is 0 Å². The Morgan fingerprint density at radius 1 is 1.13 bits per heavy atom. The predicted molar refractivity (Wildman–Crippen MR) is 135 cm³/mol. The summed E-state index contributed by atoms with van der Waals surface area (Å²) in [5.74, 6) is 1.16. The molecule has 1 aliphatic heterocycles. The molecular formula is C22H37IN4O2S. The number of hydrogen-bond donors (Lipinski definition) is 2. The molecule has 1 saturated heterocycles. The molecule has 1 aliphatic carbocycles. The second-order valence-corrected chi connectivity index (χ2v) is 10.6. The lowest BCUT2D eigenvalue weighted by molar-refractivity contribution is 0.184. The van der Waals surface area contributed by atoms with E-state index in [9.17, 15) is 8.42 Å². The van der Waals surface area contributed by atoms with Gasteiger partial charge in [-0.1, -0.05) is 43.5 Å². The van der Waals surface area contributed by atoms with Crippen LogP contribution in [0.4, 0.5) is 0 Å². The SMILES string of the molecule is CCNC(=NCc1ccccc1CN(C)C1CCCCC1)NC1CCS(=O)(=O)C1.I. The molecule has 30 heavy (non-hydrogen) atoms. The minimum absolute atomic E-state index is 0. The number of benzene rings is 1. The van der Waals surface area contributed by atoms with Gasteiger partial charge in [0.25, 0.3) is 0 Å². The van der Waals surface area contributed by atoms with E-state index in [1.165, 1.54) is 43.2 Å². The summed E-state index contributed by atoms with van der Waals surface area (Å²) in [5, 5.41) is 6.56. The zero-order chi connectivity index (χ0) is 20.7. The first-order valence-electron chi connectivity index (χ1n) is 11.0. The van der Waals surface area contributed by atoms with Gasteiger partial charge in [0.05, 0.1) is 18.1 Å². The first-order valence-corrected chi connectivity index (χ1v) is 12.8. The molecule has 170 valence electrons. The second-order valence-electron chi connectivity index (χ2n) is 8.42. The van der Waals surface area contributed by atoms with E-state index in [2.05, 4.69) is 46.8 Å². The van der Waals surface area contributed by atoms with Crippen LogP contribution < -0.4 is 10.6 Å². The van der Waals surface area contributed by atoms with E-state index < -0.39 is 9.84 Å². The van der Waals surface area contributed by atoms with E-state index in [1.54, 1.807) is 0 Å². The van der Waals surface area contributed by atoms with Gasteiger partial charge in [-0.15, -0.1) is 24.0 Å². The molecule has 1 unspecified atom stereocenters. The topological polar surface area (TPSA) is 73.8 Å². The lowest BCUT2D eigenvalue weighted by Gasteiger charge is -2.31. The van der Waals surface area contributed by atoms with Gasteiger partial charge >= 0.3 is 0 Å². The van der Waals surface area contributed by atoms with Crippen molar-refractivity contribution in [3.8, 4) is 0 Å². The van der Waals surface area contributed by atoms with Crippen LogP contribution in [0.15, 0.2) is 29.3 Å². The minimum Gasteiger partial charge on any atom is -0.357 e. The van der Waals surface area contributed by atoms with Crippen molar-refractivity contribution >= 4 is 39.8 Å². The quantitative estimate of drug-likeness (QED) is 0.311. The van der Waals surface area contributed by atoms with Crippen molar-refractivity contribution in [3.63, 3.8) is 0 Å². The number of nitrogens with zero attached hydrogens (tertiary/aromatic N) is 2. The van der Waals surface area contributed by atoms with E-state index in [-0.39, 0.29) is 41.5 Å². The molecule has 0 aromatic heterocycles. The molecular weight excluding hydrogens is 511 g/mol. The molecule has 3 rings (SSSR count). The average molecular weight is 549 g/mol. The van der Waals surface area contributed by atoms with Crippen LogP contribution in [0.2, 0.25) is 0 Å². The molecule has 1 aromatic rings. The molecule has 2 N–H and O–H groups in total. The number of aliphatic imine (C=N–C) groups is 1. The van der Waals surface area contributed by atoms with Crippen LogP contribution in [-0.4, -0.2) is 56.5 Å². The van der Waals surface area contributed by atoms with E-state index in [0.717, 1.165) is 13.1 Å². The fourth-order valence-corrected chi connectivity index (χ4v) is 6.05. The normalized spacial score (nSPS) is 22.0. The summed E-state index contributed by atoms with van der Waals surface area (Å²) in [6.07, 6.45) is 7.31. The molecule has 1 aromatic carbocycles. The third-order valence-corrected chi connectivity index (χ3v) is 7.83. The van der Waals surface area contributed by atoms with Crippen molar-refractivity contribution in [3.05, 3.63) is 35.4 Å². The lowest BCUT2D eigenvalue weighted by Crippen LogP contribution is -2.44. The molecule has 6 nitrogen and oxygen atoms in total. The molecule has 2 fully saturated rings. The number of halogens is 1. The van der Waals surface area contributed by atoms with Crippen LogP contribution >= 0.6 is 24.0 Å². The summed E-state index contributed by atoms with van der Waals surface area (Å²) in [7, 11) is -0.667. The van der Waals surface area contributed by atoms with E-state index in [1.807, 2.05) is 6.92 Å². The van der Waals surface area contributed by atoms with Crippen LogP contribution in [0.25, 0.3) is 0 Å². The van der Waals surface area contributed by atoms with Gasteiger partial charge < -0.3 is 10.6 Å². The third kappa shape index (κ3) is 7.67. The van der Waals surface area contributed by atoms with Crippen molar-refractivity contribution in [2.24, 2.45) is 4.99 Å². The molecule has 0 bridgehead atoms. The van der Waals surface area contributed by atoms with Crippen molar-refractivity contribution in [2.45, 2.75) is 70.6 Å². The number of sulfone groups is 1. The highest BCUT2D eigenvalue weighted by atomic mass is 127. The fourth-order valence-electron chi connectivity index (χ4n) is 4.37. The van der Waals surface area contributed by atoms with Gasteiger partial charge in [-0.25, -0.2) is 13.4 Å². The van der Waals surface area contributed by atoms with E-state index in [4.69, 9.17) is 4.99 Å². The summed E-state index contributed by atoms with van der Waals surface area (Å²) in [5.41, 5.74) is 2.55. The fraction of sp³-hybridized carbons (Fsp3) is 0.682. The molecule has 0 radical (unpaired) electrons.